The van der Waals surface area contributed by atoms with Crippen molar-refractivity contribution in [3.05, 3.63) is 23.7 Å². The molecule has 5 heteroatoms. The molecule has 1 aliphatic rings. The maximum atomic E-state index is 12.6. The molecule has 2 rings (SSSR count). The van der Waals surface area contributed by atoms with E-state index < -0.39 is 0 Å². The maximum Gasteiger partial charge on any atom is 0.257 e. The summed E-state index contributed by atoms with van der Waals surface area (Å²) in [7, 11) is 0. The molecule has 0 aromatic carbocycles. The Kier molecular flexibility index (Phi) is 6.38. The van der Waals surface area contributed by atoms with Gasteiger partial charge >= 0.3 is 0 Å². The van der Waals surface area contributed by atoms with E-state index in [4.69, 9.17) is 4.42 Å². The van der Waals surface area contributed by atoms with Gasteiger partial charge in [0, 0.05) is 12.6 Å². The first-order valence-corrected chi connectivity index (χ1v) is 6.79. The molecule has 0 aliphatic carbocycles. The smallest absolute Gasteiger partial charge is 0.257 e. The van der Waals surface area contributed by atoms with Crippen LogP contribution in [0.5, 0.6) is 0 Å². The van der Waals surface area contributed by atoms with Gasteiger partial charge in [0.2, 0.25) is 0 Å². The number of nitrogens with one attached hydrogen (secondary N) is 1. The molecule has 19 heavy (non-hydrogen) atoms. The minimum atomic E-state index is 0. The van der Waals surface area contributed by atoms with E-state index in [2.05, 4.69) is 12.2 Å². The second-order valence-electron chi connectivity index (χ2n) is 4.87. The number of halogens is 1. The number of furan rings is 1. The van der Waals surface area contributed by atoms with E-state index in [0.717, 1.165) is 44.7 Å². The molecular formula is C14H23ClN2O2. The molecule has 0 atom stereocenters. The lowest BCUT2D eigenvalue weighted by molar-refractivity contribution is 0.0641. The molecule has 0 radical (unpaired) electrons. The van der Waals surface area contributed by atoms with Gasteiger partial charge in [-0.15, -0.1) is 12.4 Å². The monoisotopic (exact) mass is 286 g/mol. The molecule has 0 unspecified atom stereocenters. The standard InChI is InChI=1S/C14H22N2O2.ClH/c1-3-9-16(12-4-7-15-8-5-12)14(17)13-6-10-18-11(13)2;/h6,10,12,15H,3-5,7-9H2,1-2H3;1H. The number of carbonyl (C=O) groups excluding carboxylic acids is 1. The van der Waals surface area contributed by atoms with Crippen molar-refractivity contribution >= 4 is 18.3 Å². The van der Waals surface area contributed by atoms with Gasteiger partial charge in [0.1, 0.15) is 5.76 Å². The number of nitrogens with zero attached hydrogens (tertiary/aromatic N) is 1. The first-order chi connectivity index (χ1) is 8.74. The van der Waals surface area contributed by atoms with Gasteiger partial charge in [0.05, 0.1) is 11.8 Å². The van der Waals surface area contributed by atoms with Crippen molar-refractivity contribution in [2.75, 3.05) is 19.6 Å². The van der Waals surface area contributed by atoms with Crippen LogP contribution in [0, 0.1) is 6.92 Å². The van der Waals surface area contributed by atoms with E-state index in [9.17, 15) is 4.79 Å². The number of hydrogen-bond acceptors (Lipinski definition) is 3. The molecule has 1 saturated heterocycles. The third-order valence-electron chi connectivity index (χ3n) is 3.56. The van der Waals surface area contributed by atoms with Crippen LogP contribution in [-0.2, 0) is 0 Å². The Labute approximate surface area is 120 Å². The molecule has 2 heterocycles. The predicted molar refractivity (Wildman–Crippen MR) is 77.9 cm³/mol. The molecule has 0 saturated carbocycles. The lowest BCUT2D eigenvalue weighted by Crippen LogP contribution is -2.46. The summed E-state index contributed by atoms with van der Waals surface area (Å²) in [6.45, 7) is 6.79. The molecule has 1 aliphatic heterocycles. The fraction of sp³-hybridized carbons (Fsp3) is 0.643. The number of hydrogen-bond donors (Lipinski definition) is 1. The van der Waals surface area contributed by atoms with E-state index in [1.807, 2.05) is 11.8 Å². The van der Waals surface area contributed by atoms with E-state index in [1.54, 1.807) is 12.3 Å². The number of aryl methyl sites for hydroxylation is 1. The third kappa shape index (κ3) is 3.74. The summed E-state index contributed by atoms with van der Waals surface area (Å²) < 4.78 is 5.24. The van der Waals surface area contributed by atoms with Crippen molar-refractivity contribution in [3.63, 3.8) is 0 Å². The van der Waals surface area contributed by atoms with Gasteiger partial charge < -0.3 is 14.6 Å². The van der Waals surface area contributed by atoms with E-state index in [1.165, 1.54) is 0 Å². The third-order valence-corrected chi connectivity index (χ3v) is 3.56. The zero-order valence-electron chi connectivity index (χ0n) is 11.6. The molecule has 1 aromatic heterocycles. The van der Waals surface area contributed by atoms with Gasteiger partial charge in [-0.05, 0) is 45.3 Å². The second-order valence-corrected chi connectivity index (χ2v) is 4.87. The van der Waals surface area contributed by atoms with Gasteiger partial charge in [-0.2, -0.15) is 0 Å². The number of rotatable bonds is 4. The maximum absolute atomic E-state index is 12.6. The van der Waals surface area contributed by atoms with Crippen molar-refractivity contribution in [2.45, 2.75) is 39.2 Å². The topological polar surface area (TPSA) is 45.5 Å². The molecule has 4 nitrogen and oxygen atoms in total. The molecule has 1 aromatic rings. The number of piperidine rings is 1. The van der Waals surface area contributed by atoms with Crippen molar-refractivity contribution < 1.29 is 9.21 Å². The van der Waals surface area contributed by atoms with Crippen molar-refractivity contribution in [1.82, 2.24) is 10.2 Å². The van der Waals surface area contributed by atoms with Crippen LogP contribution >= 0.6 is 12.4 Å². The van der Waals surface area contributed by atoms with E-state index >= 15 is 0 Å². The highest BCUT2D eigenvalue weighted by atomic mass is 35.5. The van der Waals surface area contributed by atoms with Gasteiger partial charge in [0.25, 0.3) is 5.91 Å². The fourth-order valence-electron chi connectivity index (χ4n) is 2.57. The van der Waals surface area contributed by atoms with Crippen molar-refractivity contribution in [1.29, 1.82) is 0 Å². The summed E-state index contributed by atoms with van der Waals surface area (Å²) in [6, 6.07) is 2.15. The van der Waals surface area contributed by atoms with Crippen molar-refractivity contribution in [2.24, 2.45) is 0 Å². The molecule has 0 bridgehead atoms. The average Bonchev–Trinajstić information content (AvgIpc) is 2.82. The zero-order chi connectivity index (χ0) is 13.0. The molecule has 1 N–H and O–H groups in total. The normalized spacial score (nSPS) is 15.9. The van der Waals surface area contributed by atoms with Crippen LogP contribution in [0.15, 0.2) is 16.7 Å². The predicted octanol–water partition coefficient (Wildman–Crippen LogP) is 2.61. The Morgan fingerprint density at radius 2 is 2.16 bits per heavy atom. The van der Waals surface area contributed by atoms with Crippen LogP contribution in [0.2, 0.25) is 0 Å². The molecule has 0 spiro atoms. The fourth-order valence-corrected chi connectivity index (χ4v) is 2.57. The highest BCUT2D eigenvalue weighted by Gasteiger charge is 2.26. The Morgan fingerprint density at radius 3 is 2.68 bits per heavy atom. The quantitative estimate of drug-likeness (QED) is 0.925. The summed E-state index contributed by atoms with van der Waals surface area (Å²) in [5, 5.41) is 3.34. The Morgan fingerprint density at radius 1 is 1.47 bits per heavy atom. The highest BCUT2D eigenvalue weighted by molar-refractivity contribution is 5.95. The zero-order valence-corrected chi connectivity index (χ0v) is 12.5. The molecule has 1 amide bonds. The molecular weight excluding hydrogens is 264 g/mol. The van der Waals surface area contributed by atoms with Gasteiger partial charge in [-0.3, -0.25) is 4.79 Å². The minimum absolute atomic E-state index is 0. The van der Waals surface area contributed by atoms with E-state index in [-0.39, 0.29) is 18.3 Å². The van der Waals surface area contributed by atoms with Crippen LogP contribution in [0.4, 0.5) is 0 Å². The second kappa shape index (κ2) is 7.56. The summed E-state index contributed by atoms with van der Waals surface area (Å²) in [6.07, 6.45) is 4.67. The van der Waals surface area contributed by atoms with Gasteiger partial charge in [-0.25, -0.2) is 0 Å². The Bertz CT molecular complexity index is 400. The van der Waals surface area contributed by atoms with Crippen LogP contribution in [-0.4, -0.2) is 36.5 Å². The Balaban J connectivity index is 0.00000180. The molecule has 1 fully saturated rings. The SMILES string of the molecule is CCCN(C(=O)c1ccoc1C)C1CCNCC1.Cl. The number of carbonyl (C=O) groups is 1. The largest absolute Gasteiger partial charge is 0.469 e. The highest BCUT2D eigenvalue weighted by Crippen LogP contribution is 2.18. The summed E-state index contributed by atoms with van der Waals surface area (Å²) >= 11 is 0. The lowest BCUT2D eigenvalue weighted by atomic mass is 10.0. The summed E-state index contributed by atoms with van der Waals surface area (Å²) in [5.74, 6) is 0.838. The Hall–Kier alpha value is -1.00. The summed E-state index contributed by atoms with van der Waals surface area (Å²) in [5.41, 5.74) is 0.710. The first kappa shape index (κ1) is 16.1. The van der Waals surface area contributed by atoms with E-state index in [0.29, 0.717) is 11.6 Å². The number of amides is 1. The minimum Gasteiger partial charge on any atom is -0.469 e. The lowest BCUT2D eigenvalue weighted by Gasteiger charge is -2.34. The van der Waals surface area contributed by atoms with Crippen LogP contribution < -0.4 is 5.32 Å². The summed E-state index contributed by atoms with van der Waals surface area (Å²) in [4.78, 5) is 14.6. The average molecular weight is 287 g/mol. The van der Waals surface area contributed by atoms with Crippen molar-refractivity contribution in [3.8, 4) is 0 Å². The van der Waals surface area contributed by atoms with Crippen LogP contribution in [0.3, 0.4) is 0 Å². The van der Waals surface area contributed by atoms with Crippen LogP contribution in [0.1, 0.15) is 42.3 Å². The van der Waals surface area contributed by atoms with Gasteiger partial charge in [-0.1, -0.05) is 6.92 Å². The molecule has 108 valence electrons. The van der Waals surface area contributed by atoms with Crippen LogP contribution in [0.25, 0.3) is 0 Å². The van der Waals surface area contributed by atoms with Gasteiger partial charge in [0.15, 0.2) is 0 Å². The first-order valence-electron chi connectivity index (χ1n) is 6.79.